The van der Waals surface area contributed by atoms with Crippen molar-refractivity contribution in [3.63, 3.8) is 0 Å². The van der Waals surface area contributed by atoms with Gasteiger partial charge in [0.15, 0.2) is 6.61 Å². The molecule has 3 rings (SSSR count). The highest BCUT2D eigenvalue weighted by molar-refractivity contribution is 7.94. The Morgan fingerprint density at radius 3 is 2.43 bits per heavy atom. The molecule has 1 amide bonds. The molecule has 7 nitrogen and oxygen atoms in total. The Kier molecular flexibility index (Phi) is 6.96. The third-order valence-electron chi connectivity index (χ3n) is 4.14. The molecule has 0 aliphatic heterocycles. The van der Waals surface area contributed by atoms with Gasteiger partial charge in [-0.05, 0) is 54.8 Å². The minimum atomic E-state index is -3.60. The molecule has 0 aliphatic carbocycles. The van der Waals surface area contributed by atoms with Crippen molar-refractivity contribution in [1.82, 2.24) is 0 Å². The molecule has 0 aliphatic rings. The van der Waals surface area contributed by atoms with Crippen LogP contribution in [0.5, 0.6) is 11.5 Å². The Morgan fingerprint density at radius 2 is 1.77 bits per heavy atom. The van der Waals surface area contributed by atoms with Gasteiger partial charge in [0.2, 0.25) is 0 Å². The number of carbonyl (C=O) groups excluding carboxylic acids is 1. The quantitative estimate of drug-likeness (QED) is 0.537. The van der Waals surface area contributed by atoms with E-state index in [1.807, 2.05) is 13.0 Å². The molecule has 1 N–H and O–H groups in total. The fourth-order valence-corrected chi connectivity index (χ4v) is 4.98. The largest absolute Gasteiger partial charge is 0.492 e. The van der Waals surface area contributed by atoms with Crippen LogP contribution in [0, 0.1) is 0 Å². The third kappa shape index (κ3) is 5.11. The highest BCUT2D eigenvalue weighted by Crippen LogP contribution is 2.27. The lowest BCUT2D eigenvalue weighted by Gasteiger charge is -2.18. The average molecular weight is 447 g/mol. The van der Waals surface area contributed by atoms with Crippen molar-refractivity contribution in [3.05, 3.63) is 66.0 Å². The van der Waals surface area contributed by atoms with Gasteiger partial charge in [0.05, 0.1) is 18.0 Å². The standard InChI is InChI=1S/C21H22N2O5S2/c1-3-27-19-8-5-4-7-18(19)22-20(24)15-28-17-12-10-16(11-13-17)23(2)30(25,26)21-9-6-14-29-21/h4-14H,3,15H2,1-2H3,(H,22,24). The average Bonchev–Trinajstić information content (AvgIpc) is 3.30. The van der Waals surface area contributed by atoms with E-state index in [4.69, 9.17) is 9.47 Å². The number of anilines is 2. The zero-order valence-electron chi connectivity index (χ0n) is 16.6. The predicted molar refractivity (Wildman–Crippen MR) is 118 cm³/mol. The Balaban J connectivity index is 1.59. The van der Waals surface area contributed by atoms with Crippen molar-refractivity contribution in [3.8, 4) is 11.5 Å². The summed E-state index contributed by atoms with van der Waals surface area (Å²) in [7, 11) is -2.10. The molecular formula is C21H22N2O5S2. The molecule has 0 radical (unpaired) electrons. The summed E-state index contributed by atoms with van der Waals surface area (Å²) in [6, 6.07) is 16.9. The highest BCUT2D eigenvalue weighted by Gasteiger charge is 2.22. The lowest BCUT2D eigenvalue weighted by Crippen LogP contribution is -2.25. The first kappa shape index (κ1) is 21.7. The van der Waals surface area contributed by atoms with E-state index in [9.17, 15) is 13.2 Å². The van der Waals surface area contributed by atoms with E-state index in [-0.39, 0.29) is 16.7 Å². The zero-order valence-corrected chi connectivity index (χ0v) is 18.2. The van der Waals surface area contributed by atoms with E-state index in [2.05, 4.69) is 5.32 Å². The number of ether oxygens (including phenoxy) is 2. The van der Waals surface area contributed by atoms with E-state index in [1.165, 1.54) is 11.4 Å². The van der Waals surface area contributed by atoms with Crippen LogP contribution >= 0.6 is 11.3 Å². The number of hydrogen-bond donors (Lipinski definition) is 1. The number of carbonyl (C=O) groups is 1. The molecule has 1 aromatic heterocycles. The summed E-state index contributed by atoms with van der Waals surface area (Å²) < 4.78 is 37.6. The second-order valence-electron chi connectivity index (χ2n) is 6.16. The fraction of sp³-hybridized carbons (Fsp3) is 0.190. The van der Waals surface area contributed by atoms with Gasteiger partial charge in [-0.1, -0.05) is 18.2 Å². The lowest BCUT2D eigenvalue weighted by atomic mass is 10.3. The van der Waals surface area contributed by atoms with Gasteiger partial charge in [-0.25, -0.2) is 8.42 Å². The van der Waals surface area contributed by atoms with Crippen molar-refractivity contribution in [2.24, 2.45) is 0 Å². The molecule has 0 unspecified atom stereocenters. The van der Waals surface area contributed by atoms with E-state index in [0.29, 0.717) is 29.5 Å². The summed E-state index contributed by atoms with van der Waals surface area (Å²) in [6.45, 7) is 2.17. The third-order valence-corrected chi connectivity index (χ3v) is 7.30. The van der Waals surface area contributed by atoms with Crippen molar-refractivity contribution in [2.45, 2.75) is 11.1 Å². The van der Waals surface area contributed by atoms with Crippen LogP contribution in [-0.2, 0) is 14.8 Å². The molecular weight excluding hydrogens is 424 g/mol. The molecule has 0 spiro atoms. The second-order valence-corrected chi connectivity index (χ2v) is 9.31. The van der Waals surface area contributed by atoms with Crippen LogP contribution in [0.25, 0.3) is 0 Å². The van der Waals surface area contributed by atoms with Crippen LogP contribution in [0.2, 0.25) is 0 Å². The first-order chi connectivity index (χ1) is 14.4. The maximum absolute atomic E-state index is 12.6. The van der Waals surface area contributed by atoms with Crippen molar-refractivity contribution in [1.29, 1.82) is 0 Å². The first-order valence-electron chi connectivity index (χ1n) is 9.19. The minimum Gasteiger partial charge on any atom is -0.492 e. The summed E-state index contributed by atoms with van der Waals surface area (Å²) in [5, 5.41) is 4.47. The molecule has 2 aromatic carbocycles. The van der Waals surface area contributed by atoms with Gasteiger partial charge < -0.3 is 14.8 Å². The van der Waals surface area contributed by atoms with Crippen molar-refractivity contribution >= 4 is 38.6 Å². The summed E-state index contributed by atoms with van der Waals surface area (Å²) in [6.07, 6.45) is 0. The SMILES string of the molecule is CCOc1ccccc1NC(=O)COc1ccc(N(C)S(=O)(=O)c2cccs2)cc1. The van der Waals surface area contributed by atoms with E-state index in [0.717, 1.165) is 11.3 Å². The Morgan fingerprint density at radius 1 is 1.03 bits per heavy atom. The van der Waals surface area contributed by atoms with Gasteiger partial charge in [0.25, 0.3) is 15.9 Å². The molecule has 0 fully saturated rings. The monoisotopic (exact) mass is 446 g/mol. The molecule has 0 atom stereocenters. The highest BCUT2D eigenvalue weighted by atomic mass is 32.2. The molecule has 3 aromatic rings. The zero-order chi connectivity index (χ0) is 21.6. The number of para-hydroxylation sites is 2. The van der Waals surface area contributed by atoms with Crippen LogP contribution in [0.3, 0.4) is 0 Å². The normalized spacial score (nSPS) is 11.0. The summed E-state index contributed by atoms with van der Waals surface area (Å²) in [5.74, 6) is 0.713. The van der Waals surface area contributed by atoms with E-state index < -0.39 is 10.0 Å². The Hall–Kier alpha value is -3.04. The van der Waals surface area contributed by atoms with Crippen molar-refractivity contribution < 1.29 is 22.7 Å². The van der Waals surface area contributed by atoms with E-state index >= 15 is 0 Å². The van der Waals surface area contributed by atoms with Gasteiger partial charge in [-0.3, -0.25) is 9.10 Å². The molecule has 158 valence electrons. The number of hydrogen-bond acceptors (Lipinski definition) is 6. The number of sulfonamides is 1. The number of nitrogens with zero attached hydrogens (tertiary/aromatic N) is 1. The smallest absolute Gasteiger partial charge is 0.273 e. The topological polar surface area (TPSA) is 84.9 Å². The maximum Gasteiger partial charge on any atom is 0.273 e. The second kappa shape index (κ2) is 9.64. The van der Waals surface area contributed by atoms with Gasteiger partial charge >= 0.3 is 0 Å². The number of amides is 1. The van der Waals surface area contributed by atoms with Gasteiger partial charge in [-0.2, -0.15) is 0 Å². The molecule has 1 heterocycles. The summed E-state index contributed by atoms with van der Waals surface area (Å²) >= 11 is 1.16. The summed E-state index contributed by atoms with van der Waals surface area (Å²) in [5.41, 5.74) is 1.06. The predicted octanol–water partition coefficient (Wildman–Crippen LogP) is 3.99. The Labute approximate surface area is 179 Å². The van der Waals surface area contributed by atoms with Crippen LogP contribution in [0.4, 0.5) is 11.4 Å². The van der Waals surface area contributed by atoms with Gasteiger partial charge in [0, 0.05) is 7.05 Å². The van der Waals surface area contributed by atoms with Crippen LogP contribution in [0.15, 0.2) is 70.3 Å². The number of rotatable bonds is 9. The van der Waals surface area contributed by atoms with Crippen LogP contribution in [-0.4, -0.2) is 34.6 Å². The number of benzene rings is 2. The van der Waals surface area contributed by atoms with Crippen molar-refractivity contribution in [2.75, 3.05) is 29.9 Å². The molecule has 0 saturated heterocycles. The Bertz CT molecular complexity index is 1080. The number of thiophene rings is 1. The number of nitrogens with one attached hydrogen (secondary N) is 1. The van der Waals surface area contributed by atoms with Gasteiger partial charge in [-0.15, -0.1) is 11.3 Å². The summed E-state index contributed by atoms with van der Waals surface area (Å²) in [4.78, 5) is 12.2. The van der Waals surface area contributed by atoms with Crippen LogP contribution in [0.1, 0.15) is 6.92 Å². The molecule has 30 heavy (non-hydrogen) atoms. The van der Waals surface area contributed by atoms with E-state index in [1.54, 1.807) is 60.0 Å². The molecule has 0 saturated carbocycles. The first-order valence-corrected chi connectivity index (χ1v) is 11.5. The fourth-order valence-electron chi connectivity index (χ4n) is 2.62. The minimum absolute atomic E-state index is 0.191. The van der Waals surface area contributed by atoms with Crippen LogP contribution < -0.4 is 19.1 Å². The maximum atomic E-state index is 12.6. The molecule has 9 heteroatoms. The lowest BCUT2D eigenvalue weighted by molar-refractivity contribution is -0.118. The molecule has 0 bridgehead atoms. The van der Waals surface area contributed by atoms with Gasteiger partial charge in [0.1, 0.15) is 15.7 Å².